The van der Waals surface area contributed by atoms with Gasteiger partial charge in [-0.05, 0) is 86.3 Å². The number of aliphatic hydroxyl groups is 1. The number of hydrogen-bond donors (Lipinski definition) is 2. The second-order valence-electron chi connectivity index (χ2n) is 9.71. The minimum atomic E-state index is -0.742. The monoisotopic (exact) mass is 452 g/mol. The van der Waals surface area contributed by atoms with E-state index in [2.05, 4.69) is 28.4 Å². The SMILES string of the molecule is COc1ccc(C2(O)CCCC(C(CCCc3cccc(OC)c3)N3CCNCC3)C2)cc1. The molecule has 2 aromatic rings. The van der Waals surface area contributed by atoms with Crippen molar-refractivity contribution >= 4 is 0 Å². The summed E-state index contributed by atoms with van der Waals surface area (Å²) in [5.74, 6) is 2.28. The van der Waals surface area contributed by atoms with Crippen LogP contribution in [0.5, 0.6) is 11.5 Å². The van der Waals surface area contributed by atoms with Crippen LogP contribution in [0, 0.1) is 5.92 Å². The summed E-state index contributed by atoms with van der Waals surface area (Å²) in [6.45, 7) is 4.31. The quantitative estimate of drug-likeness (QED) is 0.591. The van der Waals surface area contributed by atoms with Gasteiger partial charge in [-0.15, -0.1) is 0 Å². The summed E-state index contributed by atoms with van der Waals surface area (Å²) >= 11 is 0. The lowest BCUT2D eigenvalue weighted by Crippen LogP contribution is -2.52. The van der Waals surface area contributed by atoms with Crippen molar-refractivity contribution in [2.75, 3.05) is 40.4 Å². The Hall–Kier alpha value is -2.08. The standard InChI is InChI=1S/C28H40N2O3/c1-32-25-13-11-24(12-14-25)28(31)15-5-8-23(21-28)27(30-18-16-29-17-19-30)10-4-7-22-6-3-9-26(20-22)33-2/h3,6,9,11-14,20,23,27,29,31H,4-5,7-8,10,15-19,21H2,1-2H3. The van der Waals surface area contributed by atoms with Crippen molar-refractivity contribution < 1.29 is 14.6 Å². The molecular weight excluding hydrogens is 412 g/mol. The molecule has 3 atom stereocenters. The molecule has 1 aliphatic heterocycles. The molecule has 0 aromatic heterocycles. The normalized spacial score (nSPS) is 24.9. The van der Waals surface area contributed by atoms with Crippen molar-refractivity contribution in [1.29, 1.82) is 0 Å². The van der Waals surface area contributed by atoms with Crippen LogP contribution in [0.1, 0.15) is 49.7 Å². The fraction of sp³-hybridized carbons (Fsp3) is 0.571. The van der Waals surface area contributed by atoms with Gasteiger partial charge in [0.1, 0.15) is 11.5 Å². The fourth-order valence-electron chi connectivity index (χ4n) is 5.86. The third-order valence-corrected chi connectivity index (χ3v) is 7.66. The Balaban J connectivity index is 1.45. The number of methoxy groups -OCH3 is 2. The number of nitrogens with one attached hydrogen (secondary N) is 1. The summed E-state index contributed by atoms with van der Waals surface area (Å²) in [4.78, 5) is 2.69. The molecule has 2 N–H and O–H groups in total. The van der Waals surface area contributed by atoms with Crippen molar-refractivity contribution in [2.45, 2.75) is 56.6 Å². The summed E-state index contributed by atoms with van der Waals surface area (Å²) in [6, 6.07) is 17.0. The molecule has 2 aliphatic rings. The average molecular weight is 453 g/mol. The van der Waals surface area contributed by atoms with Crippen LogP contribution in [-0.2, 0) is 12.0 Å². The van der Waals surface area contributed by atoms with Crippen LogP contribution in [0.4, 0.5) is 0 Å². The lowest BCUT2D eigenvalue weighted by atomic mass is 9.71. The van der Waals surface area contributed by atoms with E-state index < -0.39 is 5.60 Å². The molecule has 1 saturated carbocycles. The fourth-order valence-corrected chi connectivity index (χ4v) is 5.86. The highest BCUT2D eigenvalue weighted by atomic mass is 16.5. The first-order valence-electron chi connectivity index (χ1n) is 12.6. The lowest BCUT2D eigenvalue weighted by molar-refractivity contribution is -0.0431. The highest BCUT2D eigenvalue weighted by Crippen LogP contribution is 2.43. The summed E-state index contributed by atoms with van der Waals surface area (Å²) in [5.41, 5.74) is 1.63. The second-order valence-corrected chi connectivity index (χ2v) is 9.71. The van der Waals surface area contributed by atoms with Gasteiger partial charge in [0, 0.05) is 32.2 Å². The maximum Gasteiger partial charge on any atom is 0.119 e. The van der Waals surface area contributed by atoms with Crippen LogP contribution in [0.25, 0.3) is 0 Å². The zero-order chi connectivity index (χ0) is 23.1. The van der Waals surface area contributed by atoms with Crippen molar-refractivity contribution in [3.05, 3.63) is 59.7 Å². The minimum absolute atomic E-state index is 0.509. The van der Waals surface area contributed by atoms with Gasteiger partial charge in [0.05, 0.1) is 19.8 Å². The summed E-state index contributed by atoms with van der Waals surface area (Å²) in [5, 5.41) is 15.2. The van der Waals surface area contributed by atoms with Gasteiger partial charge in [-0.25, -0.2) is 0 Å². The molecule has 0 amide bonds. The molecule has 2 aromatic carbocycles. The highest BCUT2D eigenvalue weighted by Gasteiger charge is 2.40. The Morgan fingerprint density at radius 1 is 1.06 bits per heavy atom. The van der Waals surface area contributed by atoms with Gasteiger partial charge in [0.2, 0.25) is 0 Å². The van der Waals surface area contributed by atoms with Gasteiger partial charge in [0.25, 0.3) is 0 Å². The highest BCUT2D eigenvalue weighted by molar-refractivity contribution is 5.31. The van der Waals surface area contributed by atoms with Crippen molar-refractivity contribution in [3.63, 3.8) is 0 Å². The van der Waals surface area contributed by atoms with Crippen molar-refractivity contribution in [3.8, 4) is 11.5 Å². The number of hydrogen-bond acceptors (Lipinski definition) is 5. The third kappa shape index (κ3) is 6.08. The maximum absolute atomic E-state index is 11.7. The number of piperazine rings is 1. The molecule has 0 spiro atoms. The predicted octanol–water partition coefficient (Wildman–Crippen LogP) is 4.38. The smallest absolute Gasteiger partial charge is 0.119 e. The van der Waals surface area contributed by atoms with Gasteiger partial charge >= 0.3 is 0 Å². The van der Waals surface area contributed by atoms with Crippen molar-refractivity contribution in [1.82, 2.24) is 10.2 Å². The maximum atomic E-state index is 11.7. The summed E-state index contributed by atoms with van der Waals surface area (Å²) in [6.07, 6.45) is 7.34. The van der Waals surface area contributed by atoms with Crippen LogP contribution in [0.3, 0.4) is 0 Å². The van der Waals surface area contributed by atoms with Gasteiger partial charge < -0.3 is 19.9 Å². The Bertz CT molecular complexity index is 866. The van der Waals surface area contributed by atoms with Crippen LogP contribution >= 0.6 is 0 Å². The van der Waals surface area contributed by atoms with Gasteiger partial charge in [0.15, 0.2) is 0 Å². The molecular formula is C28H40N2O3. The van der Waals surface area contributed by atoms with E-state index in [0.29, 0.717) is 12.0 Å². The van der Waals surface area contributed by atoms with E-state index in [-0.39, 0.29) is 0 Å². The van der Waals surface area contributed by atoms with Crippen LogP contribution < -0.4 is 14.8 Å². The van der Waals surface area contributed by atoms with E-state index in [4.69, 9.17) is 9.47 Å². The Labute approximate surface area is 199 Å². The molecule has 1 aliphatic carbocycles. The van der Waals surface area contributed by atoms with E-state index >= 15 is 0 Å². The number of ether oxygens (including phenoxy) is 2. The molecule has 4 rings (SSSR count). The third-order valence-electron chi connectivity index (χ3n) is 7.66. The molecule has 5 nitrogen and oxygen atoms in total. The van der Waals surface area contributed by atoms with E-state index in [9.17, 15) is 5.11 Å². The number of aryl methyl sites for hydroxylation is 1. The minimum Gasteiger partial charge on any atom is -0.497 e. The molecule has 0 radical (unpaired) electrons. The molecule has 0 bridgehead atoms. The van der Waals surface area contributed by atoms with Crippen LogP contribution in [0.2, 0.25) is 0 Å². The van der Waals surface area contributed by atoms with E-state index in [1.165, 1.54) is 18.4 Å². The number of benzene rings is 2. The largest absolute Gasteiger partial charge is 0.497 e. The predicted molar refractivity (Wildman–Crippen MR) is 133 cm³/mol. The topological polar surface area (TPSA) is 54.0 Å². The van der Waals surface area contributed by atoms with E-state index in [1.54, 1.807) is 14.2 Å². The van der Waals surface area contributed by atoms with Crippen LogP contribution in [0.15, 0.2) is 48.5 Å². The first-order valence-corrected chi connectivity index (χ1v) is 12.6. The molecule has 1 heterocycles. The second kappa shape index (κ2) is 11.4. The summed E-state index contributed by atoms with van der Waals surface area (Å²) < 4.78 is 10.7. The van der Waals surface area contributed by atoms with E-state index in [1.807, 2.05) is 30.3 Å². The Kier molecular flexibility index (Phi) is 8.29. The lowest BCUT2D eigenvalue weighted by Gasteiger charge is -2.45. The Morgan fingerprint density at radius 3 is 2.55 bits per heavy atom. The zero-order valence-corrected chi connectivity index (χ0v) is 20.3. The number of rotatable bonds is 9. The van der Waals surface area contributed by atoms with Gasteiger partial charge in [-0.2, -0.15) is 0 Å². The van der Waals surface area contributed by atoms with E-state index in [0.717, 1.165) is 75.3 Å². The molecule has 5 heteroatoms. The molecule has 180 valence electrons. The first-order chi connectivity index (χ1) is 16.1. The van der Waals surface area contributed by atoms with Gasteiger partial charge in [-0.1, -0.05) is 24.3 Å². The molecule has 33 heavy (non-hydrogen) atoms. The molecule has 3 unspecified atom stereocenters. The molecule has 1 saturated heterocycles. The van der Waals surface area contributed by atoms with Gasteiger partial charge in [-0.3, -0.25) is 4.90 Å². The summed E-state index contributed by atoms with van der Waals surface area (Å²) in [7, 11) is 3.41. The zero-order valence-electron chi connectivity index (χ0n) is 20.3. The van der Waals surface area contributed by atoms with Crippen molar-refractivity contribution in [2.24, 2.45) is 5.92 Å². The average Bonchev–Trinajstić information content (AvgIpc) is 2.87. The Morgan fingerprint density at radius 2 is 1.82 bits per heavy atom. The first kappa shape index (κ1) is 24.1. The van der Waals surface area contributed by atoms with Crippen LogP contribution in [-0.4, -0.2) is 56.4 Å². The molecule has 2 fully saturated rings. The number of nitrogens with zero attached hydrogens (tertiary/aromatic N) is 1.